The molecule has 0 saturated carbocycles. The topological polar surface area (TPSA) is 60.9 Å². The molecule has 1 N–H and O–H groups in total. The average Bonchev–Trinajstić information content (AvgIpc) is 2.80. The van der Waals surface area contributed by atoms with Crippen LogP contribution < -0.4 is 0 Å². The molecule has 0 unspecified atom stereocenters. The fraction of sp³-hybridized carbons (Fsp3) is 0.286. The Kier molecular flexibility index (Phi) is 5.73. The van der Waals surface area contributed by atoms with E-state index in [1.54, 1.807) is 0 Å². The summed E-state index contributed by atoms with van der Waals surface area (Å²) in [5, 5.41) is 10.3. The van der Waals surface area contributed by atoms with Crippen molar-refractivity contribution in [2.45, 2.75) is 30.3 Å². The van der Waals surface area contributed by atoms with Crippen molar-refractivity contribution in [1.82, 2.24) is 9.80 Å². The second-order valence-electron chi connectivity index (χ2n) is 9.08. The Morgan fingerprint density at radius 2 is 1.24 bits per heavy atom. The molecule has 2 fully saturated rings. The van der Waals surface area contributed by atoms with E-state index in [1.807, 2.05) is 88.7 Å². The fourth-order valence-corrected chi connectivity index (χ4v) is 5.60. The molecule has 33 heavy (non-hydrogen) atoms. The van der Waals surface area contributed by atoms with Crippen LogP contribution in [-0.4, -0.2) is 58.0 Å². The number of benzene rings is 3. The molecule has 2 aliphatic rings. The molecule has 5 rings (SSSR count). The lowest BCUT2D eigenvalue weighted by Gasteiger charge is -2.70. The van der Waals surface area contributed by atoms with Crippen LogP contribution in [0.25, 0.3) is 0 Å². The lowest BCUT2D eigenvalue weighted by atomic mass is 9.60. The first-order chi connectivity index (χ1) is 16.1. The van der Waals surface area contributed by atoms with E-state index < -0.39 is 5.54 Å². The Labute approximate surface area is 194 Å². The number of amides is 2. The number of carbonyl (C=O) groups is 2. The average molecular weight is 441 g/mol. The van der Waals surface area contributed by atoms with E-state index in [9.17, 15) is 14.7 Å². The summed E-state index contributed by atoms with van der Waals surface area (Å²) in [5.41, 5.74) is 2.58. The summed E-state index contributed by atoms with van der Waals surface area (Å²) >= 11 is 0. The fourth-order valence-electron chi connectivity index (χ4n) is 5.60. The molecule has 0 aromatic heterocycles. The maximum atomic E-state index is 13.4. The third kappa shape index (κ3) is 3.83. The predicted molar refractivity (Wildman–Crippen MR) is 127 cm³/mol. The number of aliphatic hydroxyl groups excluding tert-OH is 1. The van der Waals surface area contributed by atoms with E-state index >= 15 is 0 Å². The lowest BCUT2D eigenvalue weighted by molar-refractivity contribution is -0.202. The van der Waals surface area contributed by atoms with Gasteiger partial charge in [-0.3, -0.25) is 9.59 Å². The molecular weight excluding hydrogens is 412 g/mol. The van der Waals surface area contributed by atoms with Gasteiger partial charge in [0.2, 0.25) is 11.8 Å². The van der Waals surface area contributed by atoms with Gasteiger partial charge in [0.05, 0.1) is 31.0 Å². The largest absolute Gasteiger partial charge is 0.394 e. The Bertz CT molecular complexity index is 1110. The highest BCUT2D eigenvalue weighted by atomic mass is 16.3. The second-order valence-corrected chi connectivity index (χ2v) is 9.08. The van der Waals surface area contributed by atoms with Gasteiger partial charge in [-0.2, -0.15) is 0 Å². The van der Waals surface area contributed by atoms with Crippen LogP contribution in [-0.2, 0) is 22.4 Å². The minimum Gasteiger partial charge on any atom is -0.394 e. The van der Waals surface area contributed by atoms with E-state index in [2.05, 4.69) is 12.1 Å². The Morgan fingerprint density at radius 1 is 0.758 bits per heavy atom. The summed E-state index contributed by atoms with van der Waals surface area (Å²) in [5.74, 6) is 0.0772. The van der Waals surface area contributed by atoms with E-state index in [0.717, 1.165) is 16.7 Å². The third-order valence-electron chi connectivity index (χ3n) is 7.07. The van der Waals surface area contributed by atoms with Crippen LogP contribution >= 0.6 is 0 Å². The van der Waals surface area contributed by atoms with Crippen molar-refractivity contribution in [1.29, 1.82) is 0 Å². The summed E-state index contributed by atoms with van der Waals surface area (Å²) in [6.07, 6.45) is 0.646. The first-order valence-corrected chi connectivity index (χ1v) is 11.5. The molecule has 5 heteroatoms. The van der Waals surface area contributed by atoms with E-state index in [4.69, 9.17) is 0 Å². The van der Waals surface area contributed by atoms with Crippen LogP contribution in [0.5, 0.6) is 0 Å². The van der Waals surface area contributed by atoms with Crippen LogP contribution in [0.1, 0.15) is 22.6 Å². The van der Waals surface area contributed by atoms with E-state index in [0.29, 0.717) is 25.9 Å². The number of nitrogens with zero attached hydrogens (tertiary/aromatic N) is 2. The summed E-state index contributed by atoms with van der Waals surface area (Å²) < 4.78 is 0. The van der Waals surface area contributed by atoms with Gasteiger partial charge in [-0.1, -0.05) is 91.0 Å². The van der Waals surface area contributed by atoms with Gasteiger partial charge in [0.15, 0.2) is 0 Å². The molecule has 1 spiro atoms. The smallest absolute Gasteiger partial charge is 0.227 e. The molecule has 2 saturated heterocycles. The minimum absolute atomic E-state index is 0.00240. The van der Waals surface area contributed by atoms with Crippen LogP contribution in [0.2, 0.25) is 0 Å². The molecule has 0 bridgehead atoms. The minimum atomic E-state index is -0.465. The van der Waals surface area contributed by atoms with Gasteiger partial charge >= 0.3 is 0 Å². The van der Waals surface area contributed by atoms with E-state index in [1.165, 1.54) is 0 Å². The molecular formula is C28H28N2O3. The zero-order chi connectivity index (χ0) is 22.8. The number of aliphatic hydroxyl groups is 1. The number of rotatable bonds is 6. The van der Waals surface area contributed by atoms with Crippen molar-refractivity contribution in [2.24, 2.45) is 0 Å². The predicted octanol–water partition coefficient (Wildman–Crippen LogP) is 3.04. The normalized spacial score (nSPS) is 20.8. The monoisotopic (exact) mass is 440 g/mol. The van der Waals surface area contributed by atoms with Crippen molar-refractivity contribution in [3.63, 3.8) is 0 Å². The van der Waals surface area contributed by atoms with Gasteiger partial charge in [-0.25, -0.2) is 0 Å². The third-order valence-corrected chi connectivity index (χ3v) is 7.07. The molecule has 5 nitrogen and oxygen atoms in total. The summed E-state index contributed by atoms with van der Waals surface area (Å²) in [7, 11) is 0. The van der Waals surface area contributed by atoms with Crippen LogP contribution in [0.15, 0.2) is 91.0 Å². The number of likely N-dealkylation sites (tertiary alicyclic amines) is 2. The first kappa shape index (κ1) is 21.4. The van der Waals surface area contributed by atoms with Crippen molar-refractivity contribution >= 4 is 11.8 Å². The highest BCUT2D eigenvalue weighted by molar-refractivity contribution is 5.84. The molecule has 2 heterocycles. The highest BCUT2D eigenvalue weighted by Gasteiger charge is 2.67. The zero-order valence-electron chi connectivity index (χ0n) is 18.5. The van der Waals surface area contributed by atoms with Gasteiger partial charge in [0.25, 0.3) is 0 Å². The molecule has 168 valence electrons. The van der Waals surface area contributed by atoms with Gasteiger partial charge in [-0.15, -0.1) is 0 Å². The summed E-state index contributed by atoms with van der Waals surface area (Å²) in [6, 6.07) is 29.2. The summed E-state index contributed by atoms with van der Waals surface area (Å²) in [4.78, 5) is 30.1. The van der Waals surface area contributed by atoms with Crippen molar-refractivity contribution in [3.8, 4) is 0 Å². The van der Waals surface area contributed by atoms with Gasteiger partial charge in [-0.05, 0) is 16.7 Å². The SMILES string of the molecule is O=C(Cc1ccccc1)N1CC2(C1)[C@@H](c1ccccc1)[C@@H](CO)N2C(=O)Cc1ccccc1. The van der Waals surface area contributed by atoms with E-state index in [-0.39, 0.29) is 30.4 Å². The molecule has 0 aliphatic carbocycles. The zero-order valence-corrected chi connectivity index (χ0v) is 18.5. The Hall–Kier alpha value is -3.44. The van der Waals surface area contributed by atoms with Crippen LogP contribution in [0, 0.1) is 0 Å². The van der Waals surface area contributed by atoms with Crippen LogP contribution in [0.3, 0.4) is 0 Å². The number of carbonyl (C=O) groups excluding carboxylic acids is 2. The maximum absolute atomic E-state index is 13.4. The van der Waals surface area contributed by atoms with Gasteiger partial charge in [0.1, 0.15) is 0 Å². The first-order valence-electron chi connectivity index (χ1n) is 11.5. The standard InChI is InChI=1S/C28H28N2O3/c31-18-24-27(23-14-8-3-9-15-23)28(30(24)26(33)17-22-12-6-2-7-13-22)19-29(20-28)25(32)16-21-10-4-1-5-11-21/h1-15,24,27,31H,16-20H2/t24-,27+/m1/s1. The summed E-state index contributed by atoms with van der Waals surface area (Å²) in [6.45, 7) is 0.893. The van der Waals surface area contributed by atoms with Crippen molar-refractivity contribution in [3.05, 3.63) is 108 Å². The van der Waals surface area contributed by atoms with Crippen molar-refractivity contribution in [2.75, 3.05) is 19.7 Å². The highest BCUT2D eigenvalue weighted by Crippen LogP contribution is 2.54. The molecule has 2 atom stereocenters. The van der Waals surface area contributed by atoms with Gasteiger partial charge in [0, 0.05) is 19.0 Å². The quantitative estimate of drug-likeness (QED) is 0.641. The van der Waals surface area contributed by atoms with Crippen LogP contribution in [0.4, 0.5) is 0 Å². The Balaban J connectivity index is 1.38. The maximum Gasteiger partial charge on any atom is 0.227 e. The molecule has 3 aromatic rings. The van der Waals surface area contributed by atoms with Gasteiger partial charge < -0.3 is 14.9 Å². The molecule has 2 amide bonds. The number of hydrogen-bond donors (Lipinski definition) is 1. The second kappa shape index (κ2) is 8.83. The number of hydrogen-bond acceptors (Lipinski definition) is 3. The Morgan fingerprint density at radius 3 is 1.76 bits per heavy atom. The van der Waals surface area contributed by atoms with Crippen molar-refractivity contribution < 1.29 is 14.7 Å². The lowest BCUT2D eigenvalue weighted by Crippen LogP contribution is -2.86. The molecule has 2 aliphatic heterocycles. The molecule has 0 radical (unpaired) electrons. The molecule has 3 aromatic carbocycles.